The summed E-state index contributed by atoms with van der Waals surface area (Å²) in [6.07, 6.45) is 10.0. The molecule has 1 heterocycles. The first kappa shape index (κ1) is 27.5. The molecule has 2 rings (SSSR count). The molecule has 0 saturated carbocycles. The summed E-state index contributed by atoms with van der Waals surface area (Å²) in [5.74, 6) is -1.18. The molecular weight excluding hydrogens is 407 g/mol. The van der Waals surface area contributed by atoms with E-state index < -0.39 is 17.3 Å². The van der Waals surface area contributed by atoms with Crippen molar-refractivity contribution in [3.63, 3.8) is 0 Å². The molecule has 1 unspecified atom stereocenters. The Balaban J connectivity index is 0.000000547. The first-order valence-electron chi connectivity index (χ1n) is 11.3. The lowest BCUT2D eigenvalue weighted by Gasteiger charge is -2.29. The van der Waals surface area contributed by atoms with Crippen molar-refractivity contribution >= 4 is 0 Å². The Morgan fingerprint density at radius 1 is 1.25 bits per heavy atom. The quantitative estimate of drug-likeness (QED) is 0.394. The summed E-state index contributed by atoms with van der Waals surface area (Å²) in [5, 5.41) is 22.4. The summed E-state index contributed by atoms with van der Waals surface area (Å²) in [6, 6.07) is 1.61. The molecule has 1 atom stereocenters. The molecule has 1 aliphatic rings. The van der Waals surface area contributed by atoms with Gasteiger partial charge in [-0.1, -0.05) is 32.8 Å². The average Bonchev–Trinajstić information content (AvgIpc) is 2.79. The number of nitrogens with two attached hydrogens (primary N) is 2. The van der Waals surface area contributed by atoms with Crippen molar-refractivity contribution in [1.82, 2.24) is 10.2 Å². The van der Waals surface area contributed by atoms with Gasteiger partial charge in [-0.05, 0) is 55.5 Å². The number of nitrogens with zero attached hydrogens (tertiary/aromatic N) is 1. The van der Waals surface area contributed by atoms with Crippen LogP contribution in [0.4, 0.5) is 4.39 Å². The Kier molecular flexibility index (Phi) is 11.9. The van der Waals surface area contributed by atoms with E-state index in [1.807, 2.05) is 32.4 Å². The number of nitrogens with one attached hydrogen (secondary N) is 1. The van der Waals surface area contributed by atoms with E-state index >= 15 is 0 Å². The summed E-state index contributed by atoms with van der Waals surface area (Å²) < 4.78 is 13.8. The Morgan fingerprint density at radius 2 is 1.94 bits per heavy atom. The molecule has 0 saturated heterocycles. The Bertz CT molecular complexity index is 830. The van der Waals surface area contributed by atoms with Crippen molar-refractivity contribution in [3.8, 4) is 11.5 Å². The van der Waals surface area contributed by atoms with Gasteiger partial charge in [-0.3, -0.25) is 0 Å². The molecule has 0 aromatic heterocycles. The zero-order chi connectivity index (χ0) is 24.3. The molecule has 1 aromatic rings. The first-order valence-corrected chi connectivity index (χ1v) is 11.3. The van der Waals surface area contributed by atoms with E-state index in [1.165, 1.54) is 19.3 Å². The molecule has 180 valence electrons. The number of phenolic OH excluding ortho intramolecular Hbond substituents is 2. The number of hydrogen-bond acceptors (Lipinski definition) is 6. The molecule has 1 aromatic carbocycles. The van der Waals surface area contributed by atoms with Crippen molar-refractivity contribution in [3.05, 3.63) is 58.2 Å². The monoisotopic (exact) mass is 448 g/mol. The normalized spacial score (nSPS) is 14.9. The number of likely N-dealkylation sites (N-methyl/N-ethyl adjacent to an activating group) is 1. The van der Waals surface area contributed by atoms with Crippen LogP contribution >= 0.6 is 0 Å². The molecule has 7 N–H and O–H groups in total. The van der Waals surface area contributed by atoms with Gasteiger partial charge in [0.05, 0.1) is 0 Å². The van der Waals surface area contributed by atoms with Crippen molar-refractivity contribution < 1.29 is 14.6 Å². The number of aromatic hydroxyl groups is 2. The number of benzene rings is 1. The highest BCUT2D eigenvalue weighted by Gasteiger charge is 2.19. The lowest BCUT2D eigenvalue weighted by atomic mass is 9.97. The summed E-state index contributed by atoms with van der Waals surface area (Å²) in [6.45, 7) is 7.95. The van der Waals surface area contributed by atoms with Gasteiger partial charge in [0, 0.05) is 50.2 Å². The van der Waals surface area contributed by atoms with Crippen LogP contribution in [0.1, 0.15) is 44.2 Å². The maximum Gasteiger partial charge on any atom is 0.206 e. The highest BCUT2D eigenvalue weighted by atomic mass is 19.1. The molecule has 0 fully saturated rings. The Hall–Kier alpha value is -2.51. The topological polar surface area (TPSA) is 108 Å². The minimum absolute atomic E-state index is 0.406. The molecule has 32 heavy (non-hydrogen) atoms. The van der Waals surface area contributed by atoms with Crippen LogP contribution in [-0.4, -0.2) is 48.8 Å². The number of aryl methyl sites for hydroxylation is 1. The van der Waals surface area contributed by atoms with Gasteiger partial charge in [-0.2, -0.15) is 4.39 Å². The van der Waals surface area contributed by atoms with Gasteiger partial charge >= 0.3 is 0 Å². The molecule has 6 nitrogen and oxygen atoms in total. The number of phenols is 2. The average molecular weight is 449 g/mol. The smallest absolute Gasteiger partial charge is 0.206 e. The van der Waals surface area contributed by atoms with E-state index in [1.54, 1.807) is 13.0 Å². The second-order valence-corrected chi connectivity index (χ2v) is 8.23. The fourth-order valence-electron chi connectivity index (χ4n) is 3.75. The molecule has 0 spiro atoms. The molecule has 0 amide bonds. The molecule has 0 aliphatic carbocycles. The third-order valence-corrected chi connectivity index (χ3v) is 5.71. The van der Waals surface area contributed by atoms with E-state index in [-0.39, 0.29) is 0 Å². The predicted octanol–water partition coefficient (Wildman–Crippen LogP) is 3.68. The highest BCUT2D eigenvalue weighted by molar-refractivity contribution is 5.48. The molecule has 7 heteroatoms. The SMILES string of the molecule is CCCC(CC)CN.CN/C=C(\CN)C1=CC=C(Cc2cc(C)c(O)c(F)c2O)CN1C. The minimum atomic E-state index is -0.964. The van der Waals surface area contributed by atoms with E-state index in [2.05, 4.69) is 24.1 Å². The zero-order valence-electron chi connectivity index (χ0n) is 20.2. The number of rotatable bonds is 9. The van der Waals surface area contributed by atoms with Crippen molar-refractivity contribution in [2.45, 2.75) is 46.5 Å². The third-order valence-electron chi connectivity index (χ3n) is 5.71. The second kappa shape index (κ2) is 13.8. The van der Waals surface area contributed by atoms with Gasteiger partial charge in [0.15, 0.2) is 11.5 Å². The highest BCUT2D eigenvalue weighted by Crippen LogP contribution is 2.34. The first-order chi connectivity index (χ1) is 15.2. The van der Waals surface area contributed by atoms with Crippen molar-refractivity contribution in [1.29, 1.82) is 0 Å². The standard InChI is InChI=1S/C18H24FN3O2.C7H17N/c1-11-6-13(18(24)16(19)17(11)23)7-12-4-5-15(22(3)10-12)14(8-20)9-21-2;1-3-5-7(4-2)6-8/h4-6,9,21,23-24H,7-8,10,20H2,1-3H3;7H,3-6,8H2,1-2H3/b14-9+;. The van der Waals surface area contributed by atoms with Gasteiger partial charge in [-0.25, -0.2) is 0 Å². The molecular formula is C25H41FN4O2. The lowest BCUT2D eigenvalue weighted by molar-refractivity contribution is 0.382. The van der Waals surface area contributed by atoms with Gasteiger partial charge in [-0.15, -0.1) is 0 Å². The fraction of sp³-hybridized carbons (Fsp3) is 0.520. The summed E-state index contributed by atoms with van der Waals surface area (Å²) in [7, 11) is 3.78. The summed E-state index contributed by atoms with van der Waals surface area (Å²) >= 11 is 0. The van der Waals surface area contributed by atoms with E-state index in [4.69, 9.17) is 11.5 Å². The fourth-order valence-corrected chi connectivity index (χ4v) is 3.75. The molecule has 0 radical (unpaired) electrons. The van der Waals surface area contributed by atoms with Gasteiger partial charge in [0.2, 0.25) is 5.82 Å². The second-order valence-electron chi connectivity index (χ2n) is 8.23. The molecule has 1 aliphatic heterocycles. The van der Waals surface area contributed by atoms with Crippen LogP contribution in [0.2, 0.25) is 0 Å². The molecule has 0 bridgehead atoms. The van der Waals surface area contributed by atoms with Gasteiger partial charge in [0.25, 0.3) is 0 Å². The maximum atomic E-state index is 13.8. The van der Waals surface area contributed by atoms with Crippen LogP contribution < -0.4 is 16.8 Å². The van der Waals surface area contributed by atoms with Crippen molar-refractivity contribution in [2.75, 3.05) is 33.7 Å². The van der Waals surface area contributed by atoms with E-state index in [9.17, 15) is 14.6 Å². The minimum Gasteiger partial charge on any atom is -0.505 e. The number of allylic oxidation sites excluding steroid dienone is 2. The van der Waals surface area contributed by atoms with Crippen LogP contribution in [0.15, 0.2) is 41.3 Å². The van der Waals surface area contributed by atoms with Crippen LogP contribution in [0, 0.1) is 18.7 Å². The Morgan fingerprint density at radius 3 is 2.41 bits per heavy atom. The number of hydrogen-bond donors (Lipinski definition) is 5. The van der Waals surface area contributed by atoms with Crippen LogP contribution in [0.25, 0.3) is 0 Å². The van der Waals surface area contributed by atoms with Gasteiger partial charge in [0.1, 0.15) is 0 Å². The van der Waals surface area contributed by atoms with Crippen LogP contribution in [0.3, 0.4) is 0 Å². The maximum absolute atomic E-state index is 13.8. The number of halogens is 1. The lowest BCUT2D eigenvalue weighted by Crippen LogP contribution is -2.27. The zero-order valence-corrected chi connectivity index (χ0v) is 20.2. The van der Waals surface area contributed by atoms with Crippen LogP contribution in [-0.2, 0) is 6.42 Å². The van der Waals surface area contributed by atoms with Crippen molar-refractivity contribution in [2.24, 2.45) is 17.4 Å². The van der Waals surface area contributed by atoms with Gasteiger partial charge < -0.3 is 31.9 Å². The van der Waals surface area contributed by atoms with Crippen LogP contribution in [0.5, 0.6) is 11.5 Å². The summed E-state index contributed by atoms with van der Waals surface area (Å²) in [4.78, 5) is 2.06. The summed E-state index contributed by atoms with van der Waals surface area (Å²) in [5.41, 5.74) is 15.2. The predicted molar refractivity (Wildman–Crippen MR) is 131 cm³/mol. The third kappa shape index (κ3) is 7.57. The Labute approximate surface area is 192 Å². The largest absolute Gasteiger partial charge is 0.505 e. The van der Waals surface area contributed by atoms with E-state index in [0.29, 0.717) is 30.6 Å². The van der Waals surface area contributed by atoms with E-state index in [0.717, 1.165) is 29.3 Å².